The molecule has 7 nitrogen and oxygen atoms in total. The highest BCUT2D eigenvalue weighted by Gasteiger charge is 2.12. The summed E-state index contributed by atoms with van der Waals surface area (Å²) >= 11 is 11.7. The topological polar surface area (TPSA) is 82.5 Å². The number of rotatable bonds is 8. The largest absolute Gasteiger partial charge is 0.497 e. The van der Waals surface area contributed by atoms with E-state index in [0.717, 1.165) is 17.7 Å². The van der Waals surface area contributed by atoms with Gasteiger partial charge in [0.25, 0.3) is 11.5 Å². The molecule has 0 saturated heterocycles. The molecule has 0 unspecified atom stereocenters. The Hall–Kier alpha value is -3.10. The highest BCUT2D eigenvalue weighted by atomic mass is 35.5. The molecule has 0 aliphatic carbocycles. The summed E-state index contributed by atoms with van der Waals surface area (Å²) in [5.41, 5.74) is 1.08. The Morgan fingerprint density at radius 1 is 1.16 bits per heavy atom. The molecule has 162 valence electrons. The first kappa shape index (κ1) is 22.6. The second-order valence-corrected chi connectivity index (χ2v) is 7.16. The molecule has 0 spiro atoms. The van der Waals surface area contributed by atoms with Gasteiger partial charge in [0, 0.05) is 18.2 Å². The second-order valence-electron chi connectivity index (χ2n) is 6.35. The van der Waals surface area contributed by atoms with Crippen LogP contribution in [0.5, 0.6) is 11.5 Å². The molecule has 1 aromatic heterocycles. The van der Waals surface area contributed by atoms with Gasteiger partial charge >= 0.3 is 0 Å². The van der Waals surface area contributed by atoms with Gasteiger partial charge in [-0.3, -0.25) is 9.59 Å². The monoisotopic (exact) mass is 465 g/mol. The summed E-state index contributed by atoms with van der Waals surface area (Å²) in [6, 6.07) is 12.4. The first-order valence-electron chi connectivity index (χ1n) is 9.14. The maximum absolute atomic E-state index is 13.2. The zero-order chi connectivity index (χ0) is 22.4. The van der Waals surface area contributed by atoms with E-state index in [1.54, 1.807) is 13.2 Å². The Labute approximate surface area is 187 Å². The van der Waals surface area contributed by atoms with Gasteiger partial charge in [-0.2, -0.15) is 5.10 Å². The highest BCUT2D eigenvalue weighted by Crippen LogP contribution is 2.33. The summed E-state index contributed by atoms with van der Waals surface area (Å²) in [6.07, 6.45) is 0. The van der Waals surface area contributed by atoms with Crippen molar-refractivity contribution in [2.75, 3.05) is 20.3 Å². The van der Waals surface area contributed by atoms with Crippen LogP contribution in [0.1, 0.15) is 0 Å². The normalized spacial score (nSPS) is 10.6. The van der Waals surface area contributed by atoms with Gasteiger partial charge in [0.1, 0.15) is 11.6 Å². The van der Waals surface area contributed by atoms with Gasteiger partial charge in [0.2, 0.25) is 0 Å². The molecule has 1 N–H and O–H groups in total. The summed E-state index contributed by atoms with van der Waals surface area (Å²) in [6.45, 7) is -0.0841. The van der Waals surface area contributed by atoms with Crippen LogP contribution in [-0.4, -0.2) is 35.9 Å². The number of benzene rings is 2. The van der Waals surface area contributed by atoms with Crippen molar-refractivity contribution in [3.63, 3.8) is 0 Å². The number of nitrogens with zero attached hydrogens (tertiary/aromatic N) is 2. The first-order valence-corrected chi connectivity index (χ1v) is 9.89. The van der Waals surface area contributed by atoms with Crippen LogP contribution in [0, 0.1) is 5.82 Å². The SMILES string of the molecule is COc1cccc(-c2ccc(=O)n(CCNC(=O)COc3c(Cl)cc(F)cc3Cl)n2)c1. The van der Waals surface area contributed by atoms with Crippen molar-refractivity contribution in [2.24, 2.45) is 0 Å². The standard InChI is InChI=1S/C21H18Cl2FN3O4/c1-30-15-4-2-3-13(9-15)18-5-6-20(29)27(26-18)8-7-25-19(28)12-31-21-16(22)10-14(24)11-17(21)23/h2-6,9-11H,7-8,12H2,1H3,(H,25,28). The average Bonchev–Trinajstić information content (AvgIpc) is 2.74. The Balaban J connectivity index is 1.58. The van der Waals surface area contributed by atoms with E-state index in [9.17, 15) is 14.0 Å². The van der Waals surface area contributed by atoms with Crippen LogP contribution in [-0.2, 0) is 11.3 Å². The molecule has 0 radical (unpaired) electrons. The van der Waals surface area contributed by atoms with E-state index in [-0.39, 0.29) is 41.1 Å². The summed E-state index contributed by atoms with van der Waals surface area (Å²) < 4.78 is 24.9. The Morgan fingerprint density at radius 2 is 1.90 bits per heavy atom. The third-order valence-electron chi connectivity index (χ3n) is 4.19. The molecule has 0 atom stereocenters. The molecule has 10 heteroatoms. The number of methoxy groups -OCH3 is 1. The average molecular weight is 466 g/mol. The molecule has 0 aliphatic rings. The molecule has 0 saturated carbocycles. The van der Waals surface area contributed by atoms with Gasteiger partial charge in [0.05, 0.1) is 29.4 Å². The number of hydrogen-bond donors (Lipinski definition) is 1. The summed E-state index contributed by atoms with van der Waals surface area (Å²) in [5, 5.41) is 6.87. The quantitative estimate of drug-likeness (QED) is 0.549. The van der Waals surface area contributed by atoms with Gasteiger partial charge in [-0.1, -0.05) is 35.3 Å². The van der Waals surface area contributed by atoms with Crippen LogP contribution in [0.2, 0.25) is 10.0 Å². The summed E-state index contributed by atoms with van der Waals surface area (Å²) in [5.74, 6) is -0.385. The van der Waals surface area contributed by atoms with Gasteiger partial charge < -0.3 is 14.8 Å². The molecule has 0 aliphatic heterocycles. The van der Waals surface area contributed by atoms with Crippen LogP contribution in [0.15, 0.2) is 53.3 Å². The Kier molecular flexibility index (Phi) is 7.49. The third-order valence-corrected chi connectivity index (χ3v) is 4.75. The zero-order valence-electron chi connectivity index (χ0n) is 16.4. The third kappa shape index (κ3) is 5.96. The number of hydrogen-bond acceptors (Lipinski definition) is 5. The number of nitrogens with one attached hydrogen (secondary N) is 1. The van der Waals surface area contributed by atoms with Crippen molar-refractivity contribution >= 4 is 29.1 Å². The van der Waals surface area contributed by atoms with Crippen LogP contribution < -0.4 is 20.3 Å². The van der Waals surface area contributed by atoms with Gasteiger partial charge in [0.15, 0.2) is 12.4 Å². The lowest BCUT2D eigenvalue weighted by Gasteiger charge is -2.11. The predicted octanol–water partition coefficient (Wildman–Crippen LogP) is 3.56. The maximum atomic E-state index is 13.2. The lowest BCUT2D eigenvalue weighted by Crippen LogP contribution is -2.34. The summed E-state index contributed by atoms with van der Waals surface area (Å²) in [4.78, 5) is 24.1. The molecule has 1 heterocycles. The van der Waals surface area contributed by atoms with E-state index in [4.69, 9.17) is 32.7 Å². The fourth-order valence-corrected chi connectivity index (χ4v) is 3.27. The minimum atomic E-state index is -0.610. The van der Waals surface area contributed by atoms with Crippen molar-refractivity contribution in [1.82, 2.24) is 15.1 Å². The molecule has 1 amide bonds. The van der Waals surface area contributed by atoms with Crippen molar-refractivity contribution in [3.05, 3.63) is 74.7 Å². The van der Waals surface area contributed by atoms with Crippen LogP contribution >= 0.6 is 23.2 Å². The van der Waals surface area contributed by atoms with Crippen molar-refractivity contribution < 1.29 is 18.7 Å². The molecule has 31 heavy (non-hydrogen) atoms. The lowest BCUT2D eigenvalue weighted by molar-refractivity contribution is -0.123. The molecule has 0 bridgehead atoms. The molecular formula is C21H18Cl2FN3O4. The number of carbonyl (C=O) groups excluding carboxylic acids is 1. The number of amides is 1. The lowest BCUT2D eigenvalue weighted by atomic mass is 10.1. The summed E-state index contributed by atoms with van der Waals surface area (Å²) in [7, 11) is 1.57. The van der Waals surface area contributed by atoms with E-state index in [1.165, 1.54) is 10.7 Å². The van der Waals surface area contributed by atoms with Gasteiger partial charge in [-0.15, -0.1) is 0 Å². The maximum Gasteiger partial charge on any atom is 0.266 e. The number of halogens is 3. The molecular weight excluding hydrogens is 448 g/mol. The Morgan fingerprint density at radius 3 is 2.61 bits per heavy atom. The van der Waals surface area contributed by atoms with Crippen molar-refractivity contribution in [2.45, 2.75) is 6.54 Å². The fraction of sp³-hybridized carbons (Fsp3) is 0.190. The molecule has 0 fully saturated rings. The van der Waals surface area contributed by atoms with Gasteiger partial charge in [-0.25, -0.2) is 9.07 Å². The minimum Gasteiger partial charge on any atom is -0.497 e. The highest BCUT2D eigenvalue weighted by molar-refractivity contribution is 6.37. The zero-order valence-corrected chi connectivity index (χ0v) is 17.9. The molecule has 3 aromatic rings. The first-order chi connectivity index (χ1) is 14.9. The van der Waals surface area contributed by atoms with Crippen LogP contribution in [0.25, 0.3) is 11.3 Å². The van der Waals surface area contributed by atoms with E-state index >= 15 is 0 Å². The second kappa shape index (κ2) is 10.3. The van der Waals surface area contributed by atoms with E-state index in [1.807, 2.05) is 24.3 Å². The smallest absolute Gasteiger partial charge is 0.266 e. The van der Waals surface area contributed by atoms with E-state index in [2.05, 4.69) is 10.4 Å². The van der Waals surface area contributed by atoms with Crippen LogP contribution in [0.4, 0.5) is 4.39 Å². The fourth-order valence-electron chi connectivity index (χ4n) is 2.70. The van der Waals surface area contributed by atoms with E-state index in [0.29, 0.717) is 11.4 Å². The minimum absolute atomic E-state index is 0.0174. The molecule has 2 aromatic carbocycles. The van der Waals surface area contributed by atoms with Crippen LogP contribution in [0.3, 0.4) is 0 Å². The number of carbonyl (C=O) groups is 1. The number of aromatic nitrogens is 2. The van der Waals surface area contributed by atoms with Gasteiger partial charge in [-0.05, 0) is 30.3 Å². The van der Waals surface area contributed by atoms with Crippen molar-refractivity contribution in [3.8, 4) is 22.8 Å². The predicted molar refractivity (Wildman–Crippen MR) is 115 cm³/mol. The van der Waals surface area contributed by atoms with E-state index < -0.39 is 11.7 Å². The molecule has 3 rings (SSSR count). The Bertz CT molecular complexity index is 1130. The van der Waals surface area contributed by atoms with Crippen molar-refractivity contribution in [1.29, 1.82) is 0 Å². The number of ether oxygens (including phenoxy) is 2.